The van der Waals surface area contributed by atoms with Crippen molar-refractivity contribution in [3.05, 3.63) is 66.1 Å². The van der Waals surface area contributed by atoms with Gasteiger partial charge < -0.3 is 14.5 Å². The molecule has 0 atom stereocenters. The molecule has 3 heteroatoms. The van der Waals surface area contributed by atoms with E-state index in [-0.39, 0.29) is 0 Å². The van der Waals surface area contributed by atoms with E-state index in [4.69, 9.17) is 9.15 Å². The van der Waals surface area contributed by atoms with Crippen molar-refractivity contribution in [1.82, 2.24) is 5.32 Å². The van der Waals surface area contributed by atoms with Crippen molar-refractivity contribution < 1.29 is 9.15 Å². The van der Waals surface area contributed by atoms with E-state index in [0.29, 0.717) is 12.5 Å². The fraction of sp³-hybridized carbons (Fsp3) is 0.300. The largest absolute Gasteiger partial charge is 0.493 e. The summed E-state index contributed by atoms with van der Waals surface area (Å²) in [5.74, 6) is 2.41. The van der Waals surface area contributed by atoms with Crippen LogP contribution >= 0.6 is 0 Å². The zero-order valence-corrected chi connectivity index (χ0v) is 13.7. The minimum Gasteiger partial charge on any atom is -0.493 e. The fourth-order valence-corrected chi connectivity index (χ4v) is 2.61. The Morgan fingerprint density at radius 3 is 2.65 bits per heavy atom. The minimum atomic E-state index is 0.505. The molecule has 3 rings (SSSR count). The van der Waals surface area contributed by atoms with Crippen LogP contribution in [0.1, 0.15) is 25.2 Å². The average Bonchev–Trinajstić information content (AvgIpc) is 3.07. The summed E-state index contributed by atoms with van der Waals surface area (Å²) >= 11 is 0. The van der Waals surface area contributed by atoms with Crippen LogP contribution < -0.4 is 10.1 Å². The van der Waals surface area contributed by atoms with Gasteiger partial charge in [-0.25, -0.2) is 0 Å². The first-order valence-corrected chi connectivity index (χ1v) is 8.10. The van der Waals surface area contributed by atoms with Gasteiger partial charge in [0.15, 0.2) is 0 Å². The summed E-state index contributed by atoms with van der Waals surface area (Å²) in [4.78, 5) is 0. The summed E-state index contributed by atoms with van der Waals surface area (Å²) in [6.45, 7) is 6.50. The monoisotopic (exact) mass is 309 g/mol. The SMILES string of the molecule is CC(C)COc1ccc2ccccc2c1CNCc1ccco1. The van der Waals surface area contributed by atoms with E-state index in [0.717, 1.165) is 24.7 Å². The maximum absolute atomic E-state index is 6.03. The molecule has 1 N–H and O–H groups in total. The van der Waals surface area contributed by atoms with Crippen LogP contribution in [-0.4, -0.2) is 6.61 Å². The average molecular weight is 309 g/mol. The van der Waals surface area contributed by atoms with E-state index in [2.05, 4.69) is 55.6 Å². The van der Waals surface area contributed by atoms with Gasteiger partial charge in [-0.05, 0) is 34.9 Å². The molecule has 0 aliphatic carbocycles. The molecule has 120 valence electrons. The Bertz CT molecular complexity index is 747. The summed E-state index contributed by atoms with van der Waals surface area (Å²) in [7, 11) is 0. The summed E-state index contributed by atoms with van der Waals surface area (Å²) in [5, 5.41) is 5.92. The number of hydrogen-bond donors (Lipinski definition) is 1. The summed E-state index contributed by atoms with van der Waals surface area (Å²) in [5.41, 5.74) is 1.20. The number of nitrogens with one attached hydrogen (secondary N) is 1. The molecule has 0 spiro atoms. The smallest absolute Gasteiger partial charge is 0.124 e. The van der Waals surface area contributed by atoms with Crippen LogP contribution in [0.4, 0.5) is 0 Å². The van der Waals surface area contributed by atoms with Gasteiger partial charge in [-0.2, -0.15) is 0 Å². The Hall–Kier alpha value is -2.26. The zero-order valence-electron chi connectivity index (χ0n) is 13.7. The molecule has 0 fully saturated rings. The number of ether oxygens (including phenoxy) is 1. The lowest BCUT2D eigenvalue weighted by Gasteiger charge is -2.16. The second-order valence-electron chi connectivity index (χ2n) is 6.15. The molecule has 2 aromatic carbocycles. The summed E-state index contributed by atoms with van der Waals surface area (Å²) in [6, 6.07) is 16.5. The number of fused-ring (bicyclic) bond motifs is 1. The van der Waals surface area contributed by atoms with Crippen LogP contribution in [0.2, 0.25) is 0 Å². The maximum atomic E-state index is 6.03. The fourth-order valence-electron chi connectivity index (χ4n) is 2.61. The molecule has 0 amide bonds. The van der Waals surface area contributed by atoms with Crippen LogP contribution in [0, 0.1) is 5.92 Å². The zero-order chi connectivity index (χ0) is 16.1. The quantitative estimate of drug-likeness (QED) is 0.683. The van der Waals surface area contributed by atoms with Gasteiger partial charge in [-0.15, -0.1) is 0 Å². The highest BCUT2D eigenvalue weighted by molar-refractivity contribution is 5.87. The van der Waals surface area contributed by atoms with E-state index >= 15 is 0 Å². The molecule has 1 heterocycles. The van der Waals surface area contributed by atoms with Gasteiger partial charge in [0.1, 0.15) is 11.5 Å². The number of furan rings is 1. The molecule has 3 nitrogen and oxygen atoms in total. The number of rotatable bonds is 7. The van der Waals surface area contributed by atoms with Crippen molar-refractivity contribution in [2.45, 2.75) is 26.9 Å². The van der Waals surface area contributed by atoms with Gasteiger partial charge in [0.2, 0.25) is 0 Å². The molecule has 3 aromatic rings. The van der Waals surface area contributed by atoms with Gasteiger partial charge in [-0.3, -0.25) is 0 Å². The Kier molecular flexibility index (Phi) is 4.99. The van der Waals surface area contributed by atoms with Gasteiger partial charge in [0.05, 0.1) is 19.4 Å². The number of hydrogen-bond acceptors (Lipinski definition) is 3. The Morgan fingerprint density at radius 1 is 1.00 bits per heavy atom. The Morgan fingerprint density at radius 2 is 1.87 bits per heavy atom. The van der Waals surface area contributed by atoms with Crippen molar-refractivity contribution in [2.75, 3.05) is 6.61 Å². The van der Waals surface area contributed by atoms with Crippen molar-refractivity contribution in [3.63, 3.8) is 0 Å². The Labute approximate surface area is 137 Å². The third-order valence-electron chi connectivity index (χ3n) is 3.75. The van der Waals surface area contributed by atoms with E-state index in [1.165, 1.54) is 16.3 Å². The lowest BCUT2D eigenvalue weighted by molar-refractivity contribution is 0.268. The molecule has 0 unspecified atom stereocenters. The van der Waals surface area contributed by atoms with E-state index < -0.39 is 0 Å². The predicted molar refractivity (Wildman–Crippen MR) is 93.5 cm³/mol. The van der Waals surface area contributed by atoms with Crippen molar-refractivity contribution in [2.24, 2.45) is 5.92 Å². The summed E-state index contributed by atoms with van der Waals surface area (Å²) < 4.78 is 11.4. The second-order valence-corrected chi connectivity index (χ2v) is 6.15. The van der Waals surface area contributed by atoms with Crippen LogP contribution in [-0.2, 0) is 13.1 Å². The topological polar surface area (TPSA) is 34.4 Å². The molecule has 0 saturated carbocycles. The first-order valence-electron chi connectivity index (χ1n) is 8.10. The molecule has 0 aliphatic heterocycles. The van der Waals surface area contributed by atoms with Crippen LogP contribution in [0.25, 0.3) is 10.8 Å². The molecule has 0 radical (unpaired) electrons. The van der Waals surface area contributed by atoms with E-state index in [1.807, 2.05) is 12.1 Å². The molecule has 0 bridgehead atoms. The van der Waals surface area contributed by atoms with Gasteiger partial charge in [0.25, 0.3) is 0 Å². The number of benzene rings is 2. The lowest BCUT2D eigenvalue weighted by Crippen LogP contribution is -2.14. The van der Waals surface area contributed by atoms with E-state index in [9.17, 15) is 0 Å². The molecular formula is C20H23NO2. The highest BCUT2D eigenvalue weighted by Gasteiger charge is 2.10. The predicted octanol–water partition coefficient (Wildman–Crippen LogP) is 4.76. The standard InChI is InChI=1S/C20H23NO2/c1-15(2)14-23-20-10-9-16-6-3-4-8-18(16)19(20)13-21-12-17-7-5-11-22-17/h3-11,15,21H,12-14H2,1-2H3. The second kappa shape index (κ2) is 7.34. The van der Waals surface area contributed by atoms with Gasteiger partial charge >= 0.3 is 0 Å². The van der Waals surface area contributed by atoms with E-state index in [1.54, 1.807) is 6.26 Å². The highest BCUT2D eigenvalue weighted by Crippen LogP contribution is 2.28. The maximum Gasteiger partial charge on any atom is 0.124 e. The highest BCUT2D eigenvalue weighted by atomic mass is 16.5. The van der Waals surface area contributed by atoms with Crippen molar-refractivity contribution in [3.8, 4) is 5.75 Å². The third-order valence-corrected chi connectivity index (χ3v) is 3.75. The molecular weight excluding hydrogens is 286 g/mol. The van der Waals surface area contributed by atoms with Crippen molar-refractivity contribution in [1.29, 1.82) is 0 Å². The van der Waals surface area contributed by atoms with Crippen LogP contribution in [0.3, 0.4) is 0 Å². The summed E-state index contributed by atoms with van der Waals surface area (Å²) in [6.07, 6.45) is 1.70. The molecule has 0 saturated heterocycles. The van der Waals surface area contributed by atoms with Crippen LogP contribution in [0.15, 0.2) is 59.2 Å². The lowest BCUT2D eigenvalue weighted by atomic mass is 10.0. The van der Waals surface area contributed by atoms with Crippen molar-refractivity contribution >= 4 is 10.8 Å². The first-order chi connectivity index (χ1) is 11.2. The molecule has 1 aromatic heterocycles. The van der Waals surface area contributed by atoms with Crippen LogP contribution in [0.5, 0.6) is 5.75 Å². The molecule has 0 aliphatic rings. The van der Waals surface area contributed by atoms with Gasteiger partial charge in [-0.1, -0.05) is 44.2 Å². The third kappa shape index (κ3) is 3.93. The minimum absolute atomic E-state index is 0.505. The first kappa shape index (κ1) is 15.6. The Balaban J connectivity index is 1.82. The van der Waals surface area contributed by atoms with Gasteiger partial charge in [0, 0.05) is 12.1 Å². The normalized spacial score (nSPS) is 11.3. The molecule has 23 heavy (non-hydrogen) atoms.